The molecule has 0 spiro atoms. The lowest BCUT2D eigenvalue weighted by atomic mass is 9.93. The molecule has 0 radical (unpaired) electrons. The number of carbonyl (C=O) groups is 2. The molecule has 4 rings (SSSR count). The van der Waals surface area contributed by atoms with Gasteiger partial charge in [0.05, 0.1) is 0 Å². The highest BCUT2D eigenvalue weighted by molar-refractivity contribution is 9.10. The predicted molar refractivity (Wildman–Crippen MR) is 233 cm³/mol. The zero-order valence-corrected chi connectivity index (χ0v) is 39.4. The van der Waals surface area contributed by atoms with E-state index < -0.39 is 31.2 Å². The van der Waals surface area contributed by atoms with E-state index in [1.165, 1.54) is 24.5 Å². The average Bonchev–Trinajstić information content (AvgIpc) is 3.56. The van der Waals surface area contributed by atoms with Gasteiger partial charge in [-0.05, 0) is 160 Å². The molecule has 2 fully saturated rings. The number of amides is 2. The maximum atomic E-state index is 12.5. The van der Waals surface area contributed by atoms with Crippen molar-refractivity contribution in [2.75, 3.05) is 13.1 Å². The lowest BCUT2D eigenvalue weighted by Crippen LogP contribution is -2.45. The van der Waals surface area contributed by atoms with E-state index in [1.54, 1.807) is 12.1 Å². The van der Waals surface area contributed by atoms with E-state index >= 15 is 0 Å². The van der Waals surface area contributed by atoms with Crippen LogP contribution in [-0.2, 0) is 29.5 Å². The Hall–Kier alpha value is -3.74. The number of terminal acetylenes is 1. The Labute approximate surface area is 361 Å². The molecule has 0 aliphatic carbocycles. The van der Waals surface area contributed by atoms with Gasteiger partial charge >= 0.3 is 12.2 Å². The van der Waals surface area contributed by atoms with Crippen LogP contribution in [0.25, 0.3) is 0 Å². The first-order valence-corrected chi connectivity index (χ1v) is 23.4. The zero-order chi connectivity index (χ0) is 45.0. The summed E-state index contributed by atoms with van der Waals surface area (Å²) in [4.78, 5) is 35.8. The Morgan fingerprint density at radius 3 is 1.56 bits per heavy atom. The molecule has 2 saturated heterocycles. The number of nitrogens with zero attached hydrogens (tertiary/aromatic N) is 4. The number of pyridine rings is 2. The molecule has 14 nitrogen and oxygen atoms in total. The molecule has 2 unspecified atom stereocenters. The highest BCUT2D eigenvalue weighted by Gasteiger charge is 2.43. The Kier molecular flexibility index (Phi) is 18.4. The monoisotopic (exact) mass is 922 g/mol. The van der Waals surface area contributed by atoms with Crippen molar-refractivity contribution in [1.82, 2.24) is 19.8 Å². The van der Waals surface area contributed by atoms with E-state index in [0.717, 1.165) is 57.9 Å². The SMILES string of the molecule is C#CCCCC1CN(C(=O)OC(C)(C)C)C(C)(C)C1.CC(C)(C)OC(=O)N1CC(CCCC#Cc2ccc(S(N)(=O)=O)nc2)CC1(C)C.NS(=O)(=O)c1ccc(Br)cn1. The molecule has 2 aliphatic rings. The summed E-state index contributed by atoms with van der Waals surface area (Å²) in [5.74, 6) is 9.71. The summed E-state index contributed by atoms with van der Waals surface area (Å²) in [6.45, 7) is 21.2. The zero-order valence-electron chi connectivity index (χ0n) is 36.2. The Balaban J connectivity index is 0.000000341. The molecular formula is C42H63BrN6O8S2. The minimum atomic E-state index is -3.78. The number of nitrogens with two attached hydrogens (primary N) is 2. The van der Waals surface area contributed by atoms with E-state index in [2.05, 4.69) is 71.4 Å². The largest absolute Gasteiger partial charge is 0.444 e. The molecule has 4 heterocycles. The second-order valence-electron chi connectivity index (χ2n) is 18.0. The second kappa shape index (κ2) is 21.2. The van der Waals surface area contributed by atoms with Crippen LogP contribution in [0.5, 0.6) is 0 Å². The molecular weight excluding hydrogens is 861 g/mol. The van der Waals surface area contributed by atoms with Gasteiger partial charge in [-0.15, -0.1) is 12.3 Å². The minimum Gasteiger partial charge on any atom is -0.444 e. The molecule has 59 heavy (non-hydrogen) atoms. The van der Waals surface area contributed by atoms with E-state index in [4.69, 9.17) is 26.2 Å². The summed E-state index contributed by atoms with van der Waals surface area (Å²) in [7, 11) is -7.44. The molecule has 4 N–H and O–H groups in total. The van der Waals surface area contributed by atoms with Crippen LogP contribution in [-0.4, -0.2) is 84.2 Å². The number of hydrogen-bond acceptors (Lipinski definition) is 10. The first-order chi connectivity index (χ1) is 26.9. The molecule has 0 saturated carbocycles. The van der Waals surface area contributed by atoms with Gasteiger partial charge in [0.1, 0.15) is 11.2 Å². The van der Waals surface area contributed by atoms with E-state index in [9.17, 15) is 26.4 Å². The third-order valence-corrected chi connectivity index (χ3v) is 11.4. The van der Waals surface area contributed by atoms with Gasteiger partial charge in [-0.2, -0.15) is 0 Å². The molecule has 0 aromatic carbocycles. The van der Waals surface area contributed by atoms with Crippen LogP contribution < -0.4 is 10.3 Å². The number of unbranched alkanes of at least 4 members (excludes halogenated alkanes) is 2. The van der Waals surface area contributed by atoms with Crippen LogP contribution in [0.3, 0.4) is 0 Å². The van der Waals surface area contributed by atoms with Gasteiger partial charge in [0, 0.05) is 59.4 Å². The fourth-order valence-corrected chi connectivity index (χ4v) is 7.88. The maximum Gasteiger partial charge on any atom is 0.410 e. The third-order valence-electron chi connectivity index (χ3n) is 9.25. The molecule has 2 atom stereocenters. The molecule has 2 aliphatic heterocycles. The number of likely N-dealkylation sites (tertiary alicyclic amines) is 2. The van der Waals surface area contributed by atoms with Crippen molar-refractivity contribution in [2.45, 2.75) is 153 Å². The topological polar surface area (TPSA) is 205 Å². The molecule has 17 heteroatoms. The van der Waals surface area contributed by atoms with Gasteiger partial charge < -0.3 is 19.3 Å². The van der Waals surface area contributed by atoms with Crippen molar-refractivity contribution >= 4 is 48.2 Å². The Morgan fingerprint density at radius 1 is 0.780 bits per heavy atom. The van der Waals surface area contributed by atoms with Crippen molar-refractivity contribution in [2.24, 2.45) is 22.1 Å². The van der Waals surface area contributed by atoms with E-state index in [-0.39, 0.29) is 33.3 Å². The third kappa shape index (κ3) is 18.6. The first-order valence-electron chi connectivity index (χ1n) is 19.5. The summed E-state index contributed by atoms with van der Waals surface area (Å²) < 4.78 is 55.4. The van der Waals surface area contributed by atoms with Gasteiger partial charge in [0.25, 0.3) is 20.0 Å². The highest BCUT2D eigenvalue weighted by Crippen LogP contribution is 2.37. The number of rotatable bonds is 8. The van der Waals surface area contributed by atoms with Crippen molar-refractivity contribution < 1.29 is 35.9 Å². The van der Waals surface area contributed by atoms with Crippen molar-refractivity contribution in [1.29, 1.82) is 0 Å². The number of carbonyl (C=O) groups excluding carboxylic acids is 2. The smallest absolute Gasteiger partial charge is 0.410 e. The Morgan fingerprint density at radius 2 is 1.20 bits per heavy atom. The lowest BCUT2D eigenvalue weighted by molar-refractivity contribution is 0.0118. The van der Waals surface area contributed by atoms with Crippen LogP contribution in [0.2, 0.25) is 0 Å². The van der Waals surface area contributed by atoms with Crippen LogP contribution in [0.4, 0.5) is 9.59 Å². The van der Waals surface area contributed by atoms with Crippen LogP contribution in [0.15, 0.2) is 51.2 Å². The summed E-state index contributed by atoms with van der Waals surface area (Å²) in [5.41, 5.74) is -0.620. The van der Waals surface area contributed by atoms with Gasteiger partial charge in [-0.25, -0.2) is 46.7 Å². The second-order valence-corrected chi connectivity index (χ2v) is 22.0. The van der Waals surface area contributed by atoms with Gasteiger partial charge in [0.2, 0.25) is 0 Å². The maximum absolute atomic E-state index is 12.5. The van der Waals surface area contributed by atoms with Crippen LogP contribution in [0.1, 0.15) is 126 Å². The molecule has 2 amide bonds. The molecule has 328 valence electrons. The highest BCUT2D eigenvalue weighted by atomic mass is 79.9. The fraction of sp³-hybridized carbons (Fsp3) is 0.619. The van der Waals surface area contributed by atoms with Crippen molar-refractivity contribution in [3.63, 3.8) is 0 Å². The molecule has 2 aromatic rings. The quantitative estimate of drug-likeness (QED) is 0.196. The van der Waals surface area contributed by atoms with Gasteiger partial charge in [-0.1, -0.05) is 11.8 Å². The van der Waals surface area contributed by atoms with Crippen LogP contribution in [0, 0.1) is 36.0 Å². The summed E-state index contributed by atoms with van der Waals surface area (Å²) in [6.07, 6.45) is 15.2. The van der Waals surface area contributed by atoms with E-state index in [0.29, 0.717) is 28.4 Å². The number of primary sulfonamides is 2. The standard InChI is InChI=1S/C21H31N3O4S.C16H27NO2.C5H5BrN2O2S/c1-20(2,3)28-19(25)24-15-17(13-21(24,4)5)10-8-6-7-9-16-11-12-18(23-14-16)29(22,26)27;1-7-8-9-10-13-11-16(5,6)17(12-13)14(18)19-15(2,3)4;6-4-1-2-5(8-3-4)11(7,9)10/h11-12,14,17H,6,8,10,13,15H2,1-5H3,(H2,22,26,27);1,13H,8-12H2,2-6H3;1-3H,(H2,7,9,10). The number of hydrogen-bond donors (Lipinski definition) is 2. The Bertz CT molecular complexity index is 2040. The normalized spacial score (nSPS) is 18.5. The minimum absolute atomic E-state index is 0.122. The lowest BCUT2D eigenvalue weighted by Gasteiger charge is -2.33. The predicted octanol–water partition coefficient (Wildman–Crippen LogP) is 7.60. The summed E-state index contributed by atoms with van der Waals surface area (Å²) in [5, 5.41) is 9.54. The first kappa shape index (κ1) is 51.4. The number of halogens is 1. The van der Waals surface area contributed by atoms with Crippen LogP contribution >= 0.6 is 15.9 Å². The molecule has 0 bridgehead atoms. The summed E-state index contributed by atoms with van der Waals surface area (Å²) >= 11 is 3.11. The van der Waals surface area contributed by atoms with Gasteiger partial charge in [-0.3, -0.25) is 0 Å². The fourth-order valence-electron chi connectivity index (χ4n) is 6.73. The van der Waals surface area contributed by atoms with Gasteiger partial charge in [0.15, 0.2) is 10.1 Å². The number of ether oxygens (including phenoxy) is 2. The average molecular weight is 924 g/mol. The van der Waals surface area contributed by atoms with Crippen molar-refractivity contribution in [3.05, 3.63) is 46.7 Å². The van der Waals surface area contributed by atoms with Crippen molar-refractivity contribution in [3.8, 4) is 24.2 Å². The summed E-state index contributed by atoms with van der Waals surface area (Å²) in [6, 6.07) is 5.84. The van der Waals surface area contributed by atoms with E-state index in [1.807, 2.05) is 51.3 Å². The molecule has 2 aromatic heterocycles. The number of aromatic nitrogens is 2. The number of sulfonamides is 2.